The van der Waals surface area contributed by atoms with E-state index >= 15 is 0 Å². The maximum Gasteiger partial charge on any atom is 0.336 e. The van der Waals surface area contributed by atoms with Crippen LogP contribution in [0.5, 0.6) is 11.5 Å². The van der Waals surface area contributed by atoms with Crippen molar-refractivity contribution >= 4 is 11.8 Å². The molecule has 3 atom stereocenters. The van der Waals surface area contributed by atoms with Crippen LogP contribution in [0.25, 0.3) is 0 Å². The minimum Gasteiger partial charge on any atom is -0.493 e. The first-order valence-electron chi connectivity index (χ1n) is 11.9. The summed E-state index contributed by atoms with van der Waals surface area (Å²) in [7, 11) is 3.20. The van der Waals surface area contributed by atoms with Crippen LogP contribution >= 0.6 is 0 Å². The fourth-order valence-corrected chi connectivity index (χ4v) is 5.14. The van der Waals surface area contributed by atoms with E-state index in [9.17, 15) is 9.59 Å². The van der Waals surface area contributed by atoms with E-state index in [1.807, 2.05) is 64.1 Å². The van der Waals surface area contributed by atoms with Gasteiger partial charge < -0.3 is 19.5 Å². The average molecular weight is 476 g/mol. The van der Waals surface area contributed by atoms with Gasteiger partial charge in [0, 0.05) is 29.7 Å². The molecule has 2 aliphatic rings. The Bertz CT molecular complexity index is 1210. The van der Waals surface area contributed by atoms with Gasteiger partial charge in [0.25, 0.3) is 0 Å². The van der Waals surface area contributed by atoms with Crippen LogP contribution in [0.1, 0.15) is 55.7 Å². The van der Waals surface area contributed by atoms with Crippen LogP contribution in [0.3, 0.4) is 0 Å². The van der Waals surface area contributed by atoms with Crippen LogP contribution in [-0.2, 0) is 14.3 Å². The molecule has 35 heavy (non-hydrogen) atoms. The fraction of sp³-hybridized carbons (Fsp3) is 0.379. The third-order valence-corrected chi connectivity index (χ3v) is 6.66. The highest BCUT2D eigenvalue weighted by atomic mass is 16.5. The van der Waals surface area contributed by atoms with Gasteiger partial charge >= 0.3 is 5.97 Å². The minimum atomic E-state index is -0.480. The van der Waals surface area contributed by atoms with Crippen molar-refractivity contribution in [2.24, 2.45) is 5.92 Å². The van der Waals surface area contributed by atoms with E-state index < -0.39 is 11.8 Å². The molecular weight excluding hydrogens is 442 g/mol. The highest BCUT2D eigenvalue weighted by Gasteiger charge is 2.45. The van der Waals surface area contributed by atoms with E-state index in [4.69, 9.17) is 14.2 Å². The third-order valence-electron chi connectivity index (χ3n) is 6.66. The fourth-order valence-electron chi connectivity index (χ4n) is 5.14. The largest absolute Gasteiger partial charge is 0.493 e. The van der Waals surface area contributed by atoms with Gasteiger partial charge in [0.1, 0.15) is 5.78 Å². The van der Waals surface area contributed by atoms with Crippen molar-refractivity contribution in [2.75, 3.05) is 14.2 Å². The van der Waals surface area contributed by atoms with Crippen molar-refractivity contribution in [3.05, 3.63) is 82.2 Å². The summed E-state index contributed by atoms with van der Waals surface area (Å²) in [4.78, 5) is 27.0. The number of benzene rings is 2. The molecule has 1 aliphatic heterocycles. The second-order valence-electron chi connectivity index (χ2n) is 9.50. The molecular formula is C29H33NO5. The Hall–Kier alpha value is -3.54. The number of ether oxygens (including phenoxy) is 3. The molecule has 0 saturated carbocycles. The Balaban J connectivity index is 1.81. The van der Waals surface area contributed by atoms with Crippen LogP contribution in [-0.4, -0.2) is 32.1 Å². The van der Waals surface area contributed by atoms with Gasteiger partial charge in [-0.05, 0) is 51.0 Å². The van der Waals surface area contributed by atoms with Crippen LogP contribution in [0.2, 0.25) is 0 Å². The van der Waals surface area contributed by atoms with E-state index in [0.717, 1.165) is 22.4 Å². The van der Waals surface area contributed by atoms with Gasteiger partial charge in [-0.15, -0.1) is 0 Å². The molecule has 0 radical (unpaired) electrons. The number of rotatable bonds is 6. The summed E-state index contributed by atoms with van der Waals surface area (Å²) in [5.41, 5.74) is 5.05. The second-order valence-corrected chi connectivity index (χ2v) is 9.50. The van der Waals surface area contributed by atoms with Crippen LogP contribution in [0, 0.1) is 12.8 Å². The van der Waals surface area contributed by atoms with Gasteiger partial charge in [-0.1, -0.05) is 42.0 Å². The number of methoxy groups -OCH3 is 2. The summed E-state index contributed by atoms with van der Waals surface area (Å²) >= 11 is 0. The van der Waals surface area contributed by atoms with Gasteiger partial charge in [-0.3, -0.25) is 4.79 Å². The number of aryl methyl sites for hydroxylation is 1. The summed E-state index contributed by atoms with van der Waals surface area (Å²) in [5.74, 6) is -0.0300. The normalized spacial score (nSPS) is 21.7. The molecule has 2 aromatic rings. The van der Waals surface area contributed by atoms with Gasteiger partial charge in [0.2, 0.25) is 0 Å². The molecule has 0 aromatic heterocycles. The topological polar surface area (TPSA) is 73.9 Å². The lowest BCUT2D eigenvalue weighted by atomic mass is 9.68. The molecule has 0 saturated heterocycles. The first kappa shape index (κ1) is 24.6. The van der Waals surface area contributed by atoms with E-state index in [1.165, 1.54) is 0 Å². The molecule has 1 N–H and O–H groups in total. The van der Waals surface area contributed by atoms with Gasteiger partial charge in [0.15, 0.2) is 11.5 Å². The number of carbonyl (C=O) groups excluding carboxylic acids is 2. The summed E-state index contributed by atoms with van der Waals surface area (Å²) in [5, 5.41) is 3.38. The van der Waals surface area contributed by atoms with E-state index in [0.29, 0.717) is 29.2 Å². The lowest BCUT2D eigenvalue weighted by Crippen LogP contribution is -2.42. The molecule has 3 unspecified atom stereocenters. The Morgan fingerprint density at radius 1 is 0.971 bits per heavy atom. The Morgan fingerprint density at radius 2 is 1.71 bits per heavy atom. The first-order valence-corrected chi connectivity index (χ1v) is 11.9. The molecule has 1 aliphatic carbocycles. The minimum absolute atomic E-state index is 0.0867. The number of esters is 1. The number of hydrogen-bond donors (Lipinski definition) is 1. The number of hydrogen-bond acceptors (Lipinski definition) is 6. The quantitative estimate of drug-likeness (QED) is 0.581. The van der Waals surface area contributed by atoms with Crippen molar-refractivity contribution in [1.82, 2.24) is 5.32 Å². The molecule has 1 heterocycles. The molecule has 0 fully saturated rings. The molecule has 2 aromatic carbocycles. The zero-order chi connectivity index (χ0) is 25.3. The highest BCUT2D eigenvalue weighted by Crippen LogP contribution is 2.47. The number of allylic oxidation sites excluding steroid dienone is 3. The van der Waals surface area contributed by atoms with E-state index in [-0.39, 0.29) is 23.8 Å². The van der Waals surface area contributed by atoms with Crippen molar-refractivity contribution in [3.8, 4) is 11.5 Å². The highest BCUT2D eigenvalue weighted by molar-refractivity contribution is 5.96. The van der Waals surface area contributed by atoms with E-state index in [1.54, 1.807) is 14.2 Å². The maximum atomic E-state index is 13.7. The summed E-state index contributed by atoms with van der Waals surface area (Å²) in [6, 6.07) is 13.8. The number of carbonyl (C=O) groups is 2. The Morgan fingerprint density at radius 3 is 2.37 bits per heavy atom. The number of ketones is 1. The van der Waals surface area contributed by atoms with Gasteiger partial charge in [-0.2, -0.15) is 0 Å². The molecule has 0 spiro atoms. The Kier molecular flexibility index (Phi) is 7.01. The summed E-state index contributed by atoms with van der Waals surface area (Å²) < 4.78 is 16.4. The Labute approximate surface area is 207 Å². The van der Waals surface area contributed by atoms with Gasteiger partial charge in [0.05, 0.1) is 31.8 Å². The predicted octanol–water partition coefficient (Wildman–Crippen LogP) is 5.18. The smallest absolute Gasteiger partial charge is 0.336 e. The van der Waals surface area contributed by atoms with Crippen LogP contribution < -0.4 is 14.8 Å². The number of nitrogens with one attached hydrogen (secondary N) is 1. The second kappa shape index (κ2) is 9.98. The first-order chi connectivity index (χ1) is 16.7. The zero-order valence-corrected chi connectivity index (χ0v) is 21.2. The SMILES string of the molecule is COc1ccc(C2C=C3NC(C)=C(C(=O)OC(C)C)C(c4cccc(C)c4)C3C(=O)C2)cc1OC. The average Bonchev–Trinajstić information content (AvgIpc) is 2.82. The molecule has 4 rings (SSSR count). The predicted molar refractivity (Wildman–Crippen MR) is 134 cm³/mol. The van der Waals surface area contributed by atoms with Gasteiger partial charge in [-0.25, -0.2) is 4.79 Å². The lowest BCUT2D eigenvalue weighted by Gasteiger charge is -2.39. The zero-order valence-electron chi connectivity index (χ0n) is 21.2. The summed E-state index contributed by atoms with van der Waals surface area (Å²) in [6.45, 7) is 7.55. The molecule has 6 heteroatoms. The van der Waals surface area contributed by atoms with Crippen LogP contribution in [0.15, 0.2) is 65.5 Å². The lowest BCUT2D eigenvalue weighted by molar-refractivity contribution is -0.143. The van der Waals surface area contributed by atoms with Crippen molar-refractivity contribution < 1.29 is 23.8 Å². The standard InChI is InChI=1S/C29H33NO5/c1-16(2)35-29(32)26-18(4)30-22-13-21(19-10-11-24(33-5)25(15-19)34-6)14-23(31)28(22)27(26)20-9-7-8-17(3)12-20/h7-13,15-16,21,27-28,30H,14H2,1-6H3. The van der Waals surface area contributed by atoms with Crippen molar-refractivity contribution in [2.45, 2.75) is 52.1 Å². The third kappa shape index (κ3) is 4.83. The monoisotopic (exact) mass is 475 g/mol. The molecule has 0 amide bonds. The van der Waals surface area contributed by atoms with Crippen LogP contribution in [0.4, 0.5) is 0 Å². The maximum absolute atomic E-state index is 13.7. The van der Waals surface area contributed by atoms with E-state index in [2.05, 4.69) is 17.5 Å². The van der Waals surface area contributed by atoms with Crippen molar-refractivity contribution in [1.29, 1.82) is 0 Å². The molecule has 0 bridgehead atoms. The molecule has 6 nitrogen and oxygen atoms in total. The number of fused-ring (bicyclic) bond motifs is 1. The molecule has 184 valence electrons. The summed E-state index contributed by atoms with van der Waals surface area (Å²) in [6.07, 6.45) is 2.19. The number of Topliss-reactive ketones (excluding diaryl/α,β-unsaturated/α-hetero) is 1. The van der Waals surface area contributed by atoms with Crippen molar-refractivity contribution in [3.63, 3.8) is 0 Å².